The normalized spacial score (nSPS) is 14.4. The van der Waals surface area contributed by atoms with Gasteiger partial charge in [0.2, 0.25) is 0 Å². The highest BCUT2D eigenvalue weighted by atomic mass is 35.5. The van der Waals surface area contributed by atoms with Gasteiger partial charge in [0.05, 0.1) is 11.4 Å². The van der Waals surface area contributed by atoms with Gasteiger partial charge in [-0.05, 0) is 66.8 Å². The number of rotatable bonds is 5. The molecule has 1 heterocycles. The predicted molar refractivity (Wildman–Crippen MR) is 132 cm³/mol. The molecule has 4 aromatic rings. The molecule has 3 aromatic carbocycles. The van der Waals surface area contributed by atoms with Gasteiger partial charge >= 0.3 is 0 Å². The van der Waals surface area contributed by atoms with Gasteiger partial charge in [0, 0.05) is 27.0 Å². The fraction of sp³-hybridized carbons (Fsp3) is 0.148. The zero-order valence-corrected chi connectivity index (χ0v) is 19.0. The van der Waals surface area contributed by atoms with E-state index in [9.17, 15) is 0 Å². The predicted octanol–water partition coefficient (Wildman–Crippen LogP) is 7.71. The molecule has 160 valence electrons. The van der Waals surface area contributed by atoms with Gasteiger partial charge < -0.3 is 9.40 Å². The van der Waals surface area contributed by atoms with Crippen LogP contribution in [0.25, 0.3) is 16.9 Å². The summed E-state index contributed by atoms with van der Waals surface area (Å²) in [5.74, 6) is 0. The lowest BCUT2D eigenvalue weighted by atomic mass is 9.95. The van der Waals surface area contributed by atoms with Crippen molar-refractivity contribution >= 4 is 28.9 Å². The molecule has 1 aliphatic rings. The quantitative estimate of drug-likeness (QED) is 0.280. The average Bonchev–Trinajstić information content (AvgIpc) is 3.21. The third-order valence-corrected chi connectivity index (χ3v) is 6.18. The van der Waals surface area contributed by atoms with Crippen LogP contribution < -0.4 is 0 Å². The lowest BCUT2D eigenvalue weighted by molar-refractivity contribution is 0.130. The van der Waals surface area contributed by atoms with Gasteiger partial charge in [-0.25, -0.2) is 0 Å². The van der Waals surface area contributed by atoms with Gasteiger partial charge in [-0.2, -0.15) is 0 Å². The molecule has 0 fully saturated rings. The molecular formula is C27H22Cl2N2O. The molecular weight excluding hydrogens is 439 g/mol. The second kappa shape index (κ2) is 9.23. The van der Waals surface area contributed by atoms with E-state index in [1.807, 2.05) is 48.5 Å². The van der Waals surface area contributed by atoms with Crippen molar-refractivity contribution < 1.29 is 4.84 Å². The summed E-state index contributed by atoms with van der Waals surface area (Å²) in [5, 5.41) is 5.98. The fourth-order valence-corrected chi connectivity index (χ4v) is 4.51. The molecule has 1 aromatic heterocycles. The minimum atomic E-state index is 0.413. The number of nitrogens with zero attached hydrogens (tertiary/aromatic N) is 2. The van der Waals surface area contributed by atoms with Crippen molar-refractivity contribution in [2.75, 3.05) is 0 Å². The standard InChI is InChI=1S/C27H22Cl2N2O/c28-21-14-12-19(13-15-21)18-32-30-25-10-5-11-26-24(25)17-27(20-6-2-1-3-7-20)31(26)23-9-4-8-22(29)16-23/h1-4,6-9,12-17H,5,10-11,18H2/b30-25-. The van der Waals surface area contributed by atoms with E-state index in [0.29, 0.717) is 11.6 Å². The second-order valence-electron chi connectivity index (χ2n) is 7.86. The van der Waals surface area contributed by atoms with E-state index >= 15 is 0 Å². The third-order valence-electron chi connectivity index (χ3n) is 5.70. The Morgan fingerprint density at radius 2 is 1.62 bits per heavy atom. The maximum Gasteiger partial charge on any atom is 0.142 e. The number of benzene rings is 3. The molecule has 5 rings (SSSR count). The molecule has 0 saturated heterocycles. The fourth-order valence-electron chi connectivity index (χ4n) is 4.20. The van der Waals surface area contributed by atoms with Crippen molar-refractivity contribution in [1.82, 2.24) is 4.57 Å². The highest BCUT2D eigenvalue weighted by molar-refractivity contribution is 6.31. The Morgan fingerprint density at radius 1 is 0.812 bits per heavy atom. The van der Waals surface area contributed by atoms with E-state index in [4.69, 9.17) is 28.0 Å². The minimum absolute atomic E-state index is 0.413. The monoisotopic (exact) mass is 460 g/mol. The molecule has 0 radical (unpaired) electrons. The van der Waals surface area contributed by atoms with E-state index in [-0.39, 0.29) is 0 Å². The SMILES string of the molecule is Clc1ccc(CO/N=C2/CCCc3c2cc(-c2ccccc2)n3-c2cccc(Cl)c2)cc1. The highest BCUT2D eigenvalue weighted by Gasteiger charge is 2.24. The summed E-state index contributed by atoms with van der Waals surface area (Å²) < 4.78 is 2.31. The van der Waals surface area contributed by atoms with Crippen LogP contribution in [0.3, 0.4) is 0 Å². The topological polar surface area (TPSA) is 26.5 Å². The van der Waals surface area contributed by atoms with Crippen LogP contribution in [0, 0.1) is 0 Å². The summed E-state index contributed by atoms with van der Waals surface area (Å²) >= 11 is 12.3. The maximum atomic E-state index is 6.34. The molecule has 0 amide bonds. The van der Waals surface area contributed by atoms with Gasteiger partial charge in [-0.15, -0.1) is 0 Å². The van der Waals surface area contributed by atoms with Crippen molar-refractivity contribution in [3.8, 4) is 16.9 Å². The van der Waals surface area contributed by atoms with Crippen LogP contribution in [-0.2, 0) is 17.9 Å². The Labute approximate surface area is 197 Å². The van der Waals surface area contributed by atoms with Crippen LogP contribution in [0.4, 0.5) is 0 Å². The largest absolute Gasteiger partial charge is 0.391 e. The van der Waals surface area contributed by atoms with Crippen molar-refractivity contribution in [1.29, 1.82) is 0 Å². The molecule has 0 atom stereocenters. The Morgan fingerprint density at radius 3 is 2.41 bits per heavy atom. The molecule has 5 heteroatoms. The molecule has 0 N–H and O–H groups in total. The van der Waals surface area contributed by atoms with E-state index in [2.05, 4.69) is 46.1 Å². The highest BCUT2D eigenvalue weighted by Crippen LogP contribution is 2.35. The van der Waals surface area contributed by atoms with E-state index in [1.54, 1.807) is 0 Å². The molecule has 0 spiro atoms. The average molecular weight is 461 g/mol. The molecule has 0 unspecified atom stereocenters. The number of fused-ring (bicyclic) bond motifs is 1. The van der Waals surface area contributed by atoms with Crippen molar-refractivity contribution in [3.63, 3.8) is 0 Å². The van der Waals surface area contributed by atoms with Gasteiger partial charge in [-0.3, -0.25) is 0 Å². The number of hydrogen-bond donors (Lipinski definition) is 0. The van der Waals surface area contributed by atoms with Crippen LogP contribution in [0.1, 0.15) is 29.7 Å². The van der Waals surface area contributed by atoms with Crippen LogP contribution in [0.2, 0.25) is 10.0 Å². The van der Waals surface area contributed by atoms with Crippen LogP contribution in [-0.4, -0.2) is 10.3 Å². The Kier molecular flexibility index (Phi) is 6.02. The summed E-state index contributed by atoms with van der Waals surface area (Å²) in [4.78, 5) is 5.75. The molecule has 1 aliphatic carbocycles. The van der Waals surface area contributed by atoms with Crippen LogP contribution in [0.5, 0.6) is 0 Å². The zero-order valence-electron chi connectivity index (χ0n) is 17.5. The number of hydrogen-bond acceptors (Lipinski definition) is 2. The van der Waals surface area contributed by atoms with Crippen molar-refractivity contribution in [2.45, 2.75) is 25.9 Å². The lowest BCUT2D eigenvalue weighted by Crippen LogP contribution is -2.14. The van der Waals surface area contributed by atoms with Crippen LogP contribution in [0.15, 0.2) is 90.1 Å². The van der Waals surface area contributed by atoms with Gasteiger partial charge in [0.1, 0.15) is 6.61 Å². The van der Waals surface area contributed by atoms with E-state index in [0.717, 1.165) is 58.1 Å². The van der Waals surface area contributed by atoms with E-state index < -0.39 is 0 Å². The first-order chi connectivity index (χ1) is 15.7. The third kappa shape index (κ3) is 4.32. The summed E-state index contributed by atoms with van der Waals surface area (Å²) in [6.07, 6.45) is 2.89. The second-order valence-corrected chi connectivity index (χ2v) is 8.74. The maximum absolute atomic E-state index is 6.34. The van der Waals surface area contributed by atoms with Gasteiger partial charge in [-0.1, -0.05) is 76.9 Å². The van der Waals surface area contributed by atoms with Gasteiger partial charge in [0.25, 0.3) is 0 Å². The molecule has 0 bridgehead atoms. The number of oxime groups is 1. The first-order valence-electron chi connectivity index (χ1n) is 10.7. The van der Waals surface area contributed by atoms with E-state index in [1.165, 1.54) is 5.69 Å². The zero-order chi connectivity index (χ0) is 21.9. The molecule has 3 nitrogen and oxygen atoms in total. The summed E-state index contributed by atoms with van der Waals surface area (Å²) in [7, 11) is 0. The summed E-state index contributed by atoms with van der Waals surface area (Å²) in [6, 6.07) is 28.3. The Bertz CT molecular complexity index is 1260. The molecule has 0 saturated carbocycles. The molecule has 0 aliphatic heterocycles. The minimum Gasteiger partial charge on any atom is -0.391 e. The smallest absolute Gasteiger partial charge is 0.142 e. The first-order valence-corrected chi connectivity index (χ1v) is 11.4. The lowest BCUT2D eigenvalue weighted by Gasteiger charge is -2.19. The summed E-state index contributed by atoms with van der Waals surface area (Å²) in [6.45, 7) is 0.413. The van der Waals surface area contributed by atoms with Crippen LogP contribution >= 0.6 is 23.2 Å². The number of aromatic nitrogens is 1. The number of halogens is 2. The van der Waals surface area contributed by atoms with Crippen molar-refractivity contribution in [3.05, 3.63) is 112 Å². The summed E-state index contributed by atoms with van der Waals surface area (Å²) in [5.41, 5.74) is 7.75. The Hall–Kier alpha value is -3.01. The molecule has 32 heavy (non-hydrogen) atoms. The Balaban J connectivity index is 1.54. The van der Waals surface area contributed by atoms with Gasteiger partial charge in [0.15, 0.2) is 0 Å². The first kappa shape index (κ1) is 20.9. The van der Waals surface area contributed by atoms with Crippen molar-refractivity contribution in [2.24, 2.45) is 5.16 Å².